The monoisotopic (exact) mass is 260 g/mol. The van der Waals surface area contributed by atoms with Crippen LogP contribution in [0.2, 0.25) is 0 Å². The fourth-order valence-corrected chi connectivity index (χ4v) is 3.04. The van der Waals surface area contributed by atoms with Crippen LogP contribution in [0.3, 0.4) is 0 Å². The lowest BCUT2D eigenvalue weighted by atomic mass is 9.93. The SMILES string of the molecule is Cc1ccccc1[C@@H](C)CC(=O)N1CCC[C@@H]1CN. The van der Waals surface area contributed by atoms with Crippen molar-refractivity contribution >= 4 is 5.91 Å². The molecule has 0 aliphatic carbocycles. The fraction of sp³-hybridized carbons (Fsp3) is 0.562. The molecule has 0 bridgehead atoms. The number of aryl methyl sites for hydroxylation is 1. The second kappa shape index (κ2) is 6.20. The maximum Gasteiger partial charge on any atom is 0.223 e. The van der Waals surface area contributed by atoms with E-state index in [4.69, 9.17) is 5.73 Å². The van der Waals surface area contributed by atoms with E-state index in [1.165, 1.54) is 11.1 Å². The van der Waals surface area contributed by atoms with Gasteiger partial charge < -0.3 is 10.6 Å². The first-order valence-electron chi connectivity index (χ1n) is 7.18. The van der Waals surface area contributed by atoms with Crippen LogP contribution in [0.1, 0.15) is 43.2 Å². The largest absolute Gasteiger partial charge is 0.338 e. The predicted octanol–water partition coefficient (Wildman–Crippen LogP) is 2.44. The molecule has 1 aliphatic rings. The first kappa shape index (κ1) is 14.1. The number of hydrogen-bond acceptors (Lipinski definition) is 2. The van der Waals surface area contributed by atoms with Crippen LogP contribution in [-0.2, 0) is 4.79 Å². The summed E-state index contributed by atoms with van der Waals surface area (Å²) >= 11 is 0. The van der Waals surface area contributed by atoms with Gasteiger partial charge in [-0.25, -0.2) is 0 Å². The summed E-state index contributed by atoms with van der Waals surface area (Å²) in [6, 6.07) is 8.57. The molecule has 0 aromatic heterocycles. The minimum absolute atomic E-state index is 0.253. The number of carbonyl (C=O) groups excluding carboxylic acids is 1. The minimum atomic E-state index is 0.253. The number of nitrogens with two attached hydrogens (primary N) is 1. The molecule has 1 aromatic rings. The van der Waals surface area contributed by atoms with Crippen LogP contribution in [0, 0.1) is 6.92 Å². The van der Waals surface area contributed by atoms with Crippen molar-refractivity contribution in [3.63, 3.8) is 0 Å². The number of hydrogen-bond donors (Lipinski definition) is 1. The van der Waals surface area contributed by atoms with Crippen molar-refractivity contribution in [1.29, 1.82) is 0 Å². The summed E-state index contributed by atoms with van der Waals surface area (Å²) in [5.74, 6) is 0.524. The summed E-state index contributed by atoms with van der Waals surface area (Å²) in [5, 5.41) is 0. The highest BCUT2D eigenvalue weighted by Gasteiger charge is 2.28. The molecule has 104 valence electrons. The van der Waals surface area contributed by atoms with Crippen molar-refractivity contribution < 1.29 is 4.79 Å². The highest BCUT2D eigenvalue weighted by atomic mass is 16.2. The Balaban J connectivity index is 2.01. The highest BCUT2D eigenvalue weighted by Crippen LogP contribution is 2.25. The Morgan fingerprint density at radius 2 is 2.21 bits per heavy atom. The Bertz CT molecular complexity index is 444. The van der Waals surface area contributed by atoms with Gasteiger partial charge in [0.2, 0.25) is 5.91 Å². The zero-order valence-electron chi connectivity index (χ0n) is 11.9. The lowest BCUT2D eigenvalue weighted by Gasteiger charge is -2.25. The van der Waals surface area contributed by atoms with Crippen LogP contribution in [0.25, 0.3) is 0 Å². The fourth-order valence-electron chi connectivity index (χ4n) is 3.04. The smallest absolute Gasteiger partial charge is 0.223 e. The van der Waals surface area contributed by atoms with E-state index in [1.54, 1.807) is 0 Å². The Kier molecular flexibility index (Phi) is 4.59. The minimum Gasteiger partial charge on any atom is -0.338 e. The number of rotatable bonds is 4. The molecule has 1 aliphatic heterocycles. The normalized spacial score (nSPS) is 20.6. The molecule has 0 radical (unpaired) electrons. The number of carbonyl (C=O) groups is 1. The van der Waals surface area contributed by atoms with Crippen molar-refractivity contribution in [1.82, 2.24) is 4.90 Å². The van der Waals surface area contributed by atoms with Gasteiger partial charge in [-0.15, -0.1) is 0 Å². The molecule has 0 saturated carbocycles. The summed E-state index contributed by atoms with van der Waals surface area (Å²) in [6.45, 7) is 5.70. The molecule has 3 nitrogen and oxygen atoms in total. The molecule has 1 saturated heterocycles. The second-order valence-electron chi connectivity index (χ2n) is 5.58. The molecular formula is C16H24N2O. The lowest BCUT2D eigenvalue weighted by Crippen LogP contribution is -2.40. The standard InChI is InChI=1S/C16H24N2O/c1-12-6-3-4-8-15(12)13(2)10-16(19)18-9-5-7-14(18)11-17/h3-4,6,8,13-14H,5,7,9-11,17H2,1-2H3/t13-,14+/m0/s1. The van der Waals surface area contributed by atoms with E-state index in [2.05, 4.69) is 26.0 Å². The first-order chi connectivity index (χ1) is 9.13. The maximum absolute atomic E-state index is 12.4. The van der Waals surface area contributed by atoms with Gasteiger partial charge in [-0.2, -0.15) is 0 Å². The third-order valence-corrected chi connectivity index (χ3v) is 4.17. The average Bonchev–Trinajstić information content (AvgIpc) is 2.87. The summed E-state index contributed by atoms with van der Waals surface area (Å²) in [5.41, 5.74) is 8.27. The van der Waals surface area contributed by atoms with Gasteiger partial charge in [0.1, 0.15) is 0 Å². The van der Waals surface area contributed by atoms with Gasteiger partial charge >= 0.3 is 0 Å². The van der Waals surface area contributed by atoms with Crippen molar-refractivity contribution in [2.45, 2.75) is 45.1 Å². The Hall–Kier alpha value is -1.35. The van der Waals surface area contributed by atoms with Crippen molar-refractivity contribution in [3.8, 4) is 0 Å². The highest BCUT2D eigenvalue weighted by molar-refractivity contribution is 5.77. The van der Waals surface area contributed by atoms with Crippen LogP contribution < -0.4 is 5.73 Å². The van der Waals surface area contributed by atoms with Gasteiger partial charge in [0.05, 0.1) is 0 Å². The van der Waals surface area contributed by atoms with E-state index in [-0.39, 0.29) is 17.9 Å². The molecule has 19 heavy (non-hydrogen) atoms. The topological polar surface area (TPSA) is 46.3 Å². The number of amides is 1. The van der Waals surface area contributed by atoms with E-state index in [9.17, 15) is 4.79 Å². The second-order valence-corrected chi connectivity index (χ2v) is 5.58. The number of nitrogens with zero attached hydrogens (tertiary/aromatic N) is 1. The molecule has 3 heteroatoms. The molecule has 2 rings (SSSR count). The van der Waals surface area contributed by atoms with Crippen LogP contribution in [-0.4, -0.2) is 29.9 Å². The van der Waals surface area contributed by atoms with Crippen LogP contribution in [0.15, 0.2) is 24.3 Å². The summed E-state index contributed by atoms with van der Waals surface area (Å²) in [4.78, 5) is 14.4. The molecule has 1 aromatic carbocycles. The van der Waals surface area contributed by atoms with Crippen molar-refractivity contribution in [2.24, 2.45) is 5.73 Å². The molecule has 1 fully saturated rings. The van der Waals surface area contributed by atoms with E-state index in [0.717, 1.165) is 19.4 Å². The van der Waals surface area contributed by atoms with Crippen molar-refractivity contribution in [3.05, 3.63) is 35.4 Å². The van der Waals surface area contributed by atoms with E-state index < -0.39 is 0 Å². The van der Waals surface area contributed by atoms with Crippen LogP contribution in [0.4, 0.5) is 0 Å². The molecule has 2 atom stereocenters. The predicted molar refractivity (Wildman–Crippen MR) is 78.0 cm³/mol. The summed E-state index contributed by atoms with van der Waals surface area (Å²) in [7, 11) is 0. The summed E-state index contributed by atoms with van der Waals surface area (Å²) in [6.07, 6.45) is 2.73. The van der Waals surface area contributed by atoms with Gasteiger partial charge in [0.25, 0.3) is 0 Å². The third kappa shape index (κ3) is 3.16. The molecule has 0 unspecified atom stereocenters. The Morgan fingerprint density at radius 3 is 2.89 bits per heavy atom. The first-order valence-corrected chi connectivity index (χ1v) is 7.18. The quantitative estimate of drug-likeness (QED) is 0.904. The number of likely N-dealkylation sites (tertiary alicyclic amines) is 1. The van der Waals surface area contributed by atoms with Crippen molar-refractivity contribution in [2.75, 3.05) is 13.1 Å². The molecule has 1 amide bonds. The van der Waals surface area contributed by atoms with E-state index >= 15 is 0 Å². The molecule has 0 spiro atoms. The lowest BCUT2D eigenvalue weighted by molar-refractivity contribution is -0.132. The molecule has 1 heterocycles. The maximum atomic E-state index is 12.4. The third-order valence-electron chi connectivity index (χ3n) is 4.17. The molecule has 2 N–H and O–H groups in total. The Morgan fingerprint density at radius 1 is 1.47 bits per heavy atom. The Labute approximate surface area is 115 Å². The van der Waals surface area contributed by atoms with Gasteiger partial charge in [-0.3, -0.25) is 4.79 Å². The van der Waals surface area contributed by atoms with Gasteiger partial charge in [0, 0.05) is 25.6 Å². The summed E-state index contributed by atoms with van der Waals surface area (Å²) < 4.78 is 0. The average molecular weight is 260 g/mol. The van der Waals surface area contributed by atoms with Gasteiger partial charge in [0.15, 0.2) is 0 Å². The molecular weight excluding hydrogens is 236 g/mol. The van der Waals surface area contributed by atoms with E-state index in [1.807, 2.05) is 17.0 Å². The van der Waals surface area contributed by atoms with Gasteiger partial charge in [-0.1, -0.05) is 31.2 Å². The zero-order chi connectivity index (χ0) is 13.8. The van der Waals surface area contributed by atoms with E-state index in [0.29, 0.717) is 13.0 Å². The van der Waals surface area contributed by atoms with Gasteiger partial charge in [-0.05, 0) is 36.8 Å². The zero-order valence-corrected chi connectivity index (χ0v) is 11.9. The number of benzene rings is 1. The van der Waals surface area contributed by atoms with Crippen LogP contribution in [0.5, 0.6) is 0 Å². The van der Waals surface area contributed by atoms with Crippen LogP contribution >= 0.6 is 0 Å².